The number of aromatic amines is 1. The third kappa shape index (κ3) is 1.98. The van der Waals surface area contributed by atoms with E-state index in [0.717, 1.165) is 22.3 Å². The van der Waals surface area contributed by atoms with Crippen molar-refractivity contribution in [1.82, 2.24) is 24.7 Å². The van der Waals surface area contributed by atoms with E-state index in [1.807, 2.05) is 23.1 Å². The fourth-order valence-electron chi connectivity index (χ4n) is 3.32. The van der Waals surface area contributed by atoms with E-state index >= 15 is 0 Å². The predicted molar refractivity (Wildman–Crippen MR) is 81.7 cm³/mol. The molecule has 23 heavy (non-hydrogen) atoms. The molecule has 0 amide bonds. The van der Waals surface area contributed by atoms with Crippen molar-refractivity contribution in [3.8, 4) is 23.4 Å². The normalized spacial score (nSPS) is 23.1. The van der Waals surface area contributed by atoms with Crippen LogP contribution >= 0.6 is 0 Å². The van der Waals surface area contributed by atoms with E-state index < -0.39 is 0 Å². The molecule has 1 fully saturated rings. The lowest BCUT2D eigenvalue weighted by Crippen LogP contribution is -2.46. The van der Waals surface area contributed by atoms with Crippen LogP contribution in [0.15, 0.2) is 31.0 Å². The van der Waals surface area contributed by atoms with E-state index in [0.29, 0.717) is 19.3 Å². The highest BCUT2D eigenvalue weighted by Gasteiger charge is 2.46. The average Bonchev–Trinajstić information content (AvgIpc) is 3.18. The maximum Gasteiger partial charge on any atom is 0.141 e. The van der Waals surface area contributed by atoms with Gasteiger partial charge in [-0.25, -0.2) is 9.97 Å². The first-order valence-corrected chi connectivity index (χ1v) is 7.36. The molecule has 1 aliphatic rings. The van der Waals surface area contributed by atoms with Gasteiger partial charge in [-0.15, -0.1) is 0 Å². The van der Waals surface area contributed by atoms with Crippen LogP contribution in [0.1, 0.15) is 19.3 Å². The molecule has 0 atom stereocenters. The van der Waals surface area contributed by atoms with Crippen LogP contribution in [0.4, 0.5) is 0 Å². The van der Waals surface area contributed by atoms with Gasteiger partial charge in [0.25, 0.3) is 0 Å². The number of fused-ring (bicyclic) bond motifs is 1. The fourth-order valence-corrected chi connectivity index (χ4v) is 3.32. The van der Waals surface area contributed by atoms with Crippen LogP contribution in [-0.4, -0.2) is 24.7 Å². The molecule has 0 spiro atoms. The van der Waals surface area contributed by atoms with E-state index in [1.165, 1.54) is 6.33 Å². The first-order valence-electron chi connectivity index (χ1n) is 7.36. The molecule has 112 valence electrons. The first kappa shape index (κ1) is 13.5. The number of nitrogens with zero attached hydrogens (tertiary/aromatic N) is 6. The Morgan fingerprint density at radius 1 is 1.35 bits per heavy atom. The minimum Gasteiger partial charge on any atom is -0.346 e. The van der Waals surface area contributed by atoms with Crippen LogP contribution in [0.3, 0.4) is 0 Å². The summed E-state index contributed by atoms with van der Waals surface area (Å²) >= 11 is 0. The Bertz CT molecular complexity index is 947. The Morgan fingerprint density at radius 3 is 3.00 bits per heavy atom. The molecule has 3 aromatic heterocycles. The van der Waals surface area contributed by atoms with Gasteiger partial charge in [0.05, 0.1) is 41.9 Å². The minimum absolute atomic E-state index is 0.00595. The Hall–Kier alpha value is -3.19. The summed E-state index contributed by atoms with van der Waals surface area (Å²) in [5.41, 5.74) is 2.11. The molecule has 1 N–H and O–H groups in total. The van der Waals surface area contributed by atoms with Crippen LogP contribution in [0.2, 0.25) is 0 Å². The van der Waals surface area contributed by atoms with Crippen LogP contribution in [0.5, 0.6) is 0 Å². The molecule has 3 heterocycles. The summed E-state index contributed by atoms with van der Waals surface area (Å²) in [4.78, 5) is 11.6. The summed E-state index contributed by atoms with van der Waals surface area (Å²) in [6.45, 7) is 0. The predicted octanol–water partition coefficient (Wildman–Crippen LogP) is 2.36. The summed E-state index contributed by atoms with van der Waals surface area (Å²) in [5.74, 6) is 0.00595. The Labute approximate surface area is 132 Å². The summed E-state index contributed by atoms with van der Waals surface area (Å²) in [5, 5.41) is 23.5. The van der Waals surface area contributed by atoms with Crippen molar-refractivity contribution >= 4 is 11.0 Å². The smallest absolute Gasteiger partial charge is 0.141 e. The van der Waals surface area contributed by atoms with Crippen molar-refractivity contribution < 1.29 is 0 Å². The molecular weight excluding hydrogens is 290 g/mol. The molecule has 4 rings (SSSR count). The van der Waals surface area contributed by atoms with Gasteiger partial charge in [0.15, 0.2) is 0 Å². The molecule has 0 unspecified atom stereocenters. The fraction of sp³-hybridized carbons (Fsp3) is 0.312. The third-order valence-electron chi connectivity index (χ3n) is 4.54. The number of aromatic nitrogens is 5. The zero-order valence-corrected chi connectivity index (χ0v) is 12.3. The van der Waals surface area contributed by atoms with E-state index in [-0.39, 0.29) is 11.5 Å². The summed E-state index contributed by atoms with van der Waals surface area (Å²) in [6, 6.07) is 6.43. The second kappa shape index (κ2) is 4.92. The van der Waals surface area contributed by atoms with Gasteiger partial charge in [-0.1, -0.05) is 0 Å². The zero-order valence-electron chi connectivity index (χ0n) is 12.3. The minimum atomic E-state index is -0.363. The molecule has 0 bridgehead atoms. The maximum absolute atomic E-state index is 9.13. The molecule has 1 saturated carbocycles. The van der Waals surface area contributed by atoms with Crippen molar-refractivity contribution in [2.75, 3.05) is 0 Å². The van der Waals surface area contributed by atoms with Crippen LogP contribution in [-0.2, 0) is 5.54 Å². The highest BCUT2D eigenvalue weighted by atomic mass is 15.3. The number of hydrogen-bond acceptors (Lipinski definition) is 5. The van der Waals surface area contributed by atoms with Crippen LogP contribution in [0, 0.1) is 28.6 Å². The van der Waals surface area contributed by atoms with Crippen molar-refractivity contribution in [2.24, 2.45) is 5.92 Å². The topological polar surface area (TPSA) is 107 Å². The zero-order chi connectivity index (χ0) is 15.9. The SMILES string of the molecule is N#CC[C@]1(n2cc(-c3ncnc4[nH]ccc34)cn2)C[C@@H](C#N)C1. The Morgan fingerprint density at radius 2 is 2.22 bits per heavy atom. The van der Waals surface area contributed by atoms with Gasteiger partial charge in [-0.2, -0.15) is 15.6 Å². The molecule has 3 aromatic rings. The molecule has 0 radical (unpaired) electrons. The first-order chi connectivity index (χ1) is 11.3. The highest BCUT2D eigenvalue weighted by Crippen LogP contribution is 2.46. The van der Waals surface area contributed by atoms with Gasteiger partial charge < -0.3 is 4.98 Å². The van der Waals surface area contributed by atoms with Crippen LogP contribution in [0.25, 0.3) is 22.3 Å². The molecule has 1 aliphatic carbocycles. The Kier molecular flexibility index (Phi) is 2.88. The average molecular weight is 303 g/mol. The van der Waals surface area contributed by atoms with Crippen LogP contribution < -0.4 is 0 Å². The number of rotatable bonds is 3. The van der Waals surface area contributed by atoms with Crippen molar-refractivity contribution in [3.63, 3.8) is 0 Å². The van der Waals surface area contributed by atoms with Crippen molar-refractivity contribution in [1.29, 1.82) is 10.5 Å². The lowest BCUT2D eigenvalue weighted by atomic mass is 9.67. The standard InChI is InChI=1S/C16H13N7/c17-3-2-16(5-11(6-16)7-18)23-9-12(8-22-23)14-13-1-4-19-15(13)21-10-20-14/h1,4,8-11H,2,5-6H2,(H,19,20,21)/t11-,16+. The van der Waals surface area contributed by atoms with Gasteiger partial charge in [-0.05, 0) is 18.9 Å². The molecule has 0 aromatic carbocycles. The number of nitriles is 2. The maximum atomic E-state index is 9.13. The van der Waals surface area contributed by atoms with E-state index in [1.54, 1.807) is 6.20 Å². The summed E-state index contributed by atoms with van der Waals surface area (Å²) in [7, 11) is 0. The number of hydrogen-bond donors (Lipinski definition) is 1. The van der Waals surface area contributed by atoms with Gasteiger partial charge in [0, 0.05) is 23.3 Å². The monoisotopic (exact) mass is 303 g/mol. The van der Waals surface area contributed by atoms with Gasteiger partial charge >= 0.3 is 0 Å². The second-order valence-electron chi connectivity index (χ2n) is 5.93. The largest absolute Gasteiger partial charge is 0.346 e. The van der Waals surface area contributed by atoms with Gasteiger partial charge in [0.2, 0.25) is 0 Å². The van der Waals surface area contributed by atoms with E-state index in [4.69, 9.17) is 10.5 Å². The van der Waals surface area contributed by atoms with E-state index in [9.17, 15) is 0 Å². The lowest BCUT2D eigenvalue weighted by molar-refractivity contribution is 0.0882. The summed E-state index contributed by atoms with van der Waals surface area (Å²) in [6.07, 6.45) is 8.71. The number of nitrogens with one attached hydrogen (secondary N) is 1. The molecule has 0 aliphatic heterocycles. The molecular formula is C16H13N7. The Balaban J connectivity index is 1.74. The quantitative estimate of drug-likeness (QED) is 0.799. The van der Waals surface area contributed by atoms with Gasteiger partial charge in [-0.3, -0.25) is 4.68 Å². The third-order valence-corrected chi connectivity index (χ3v) is 4.54. The van der Waals surface area contributed by atoms with Crippen molar-refractivity contribution in [2.45, 2.75) is 24.8 Å². The summed E-state index contributed by atoms with van der Waals surface area (Å²) < 4.78 is 1.83. The highest BCUT2D eigenvalue weighted by molar-refractivity contribution is 5.89. The van der Waals surface area contributed by atoms with E-state index in [2.05, 4.69) is 32.2 Å². The second-order valence-corrected chi connectivity index (χ2v) is 5.93. The molecule has 7 heteroatoms. The lowest BCUT2D eigenvalue weighted by Gasteiger charge is -2.43. The van der Waals surface area contributed by atoms with Gasteiger partial charge in [0.1, 0.15) is 12.0 Å². The molecule has 7 nitrogen and oxygen atoms in total. The van der Waals surface area contributed by atoms with Crippen molar-refractivity contribution in [3.05, 3.63) is 31.0 Å². The molecule has 0 saturated heterocycles. The number of H-pyrrole nitrogens is 1.